The van der Waals surface area contributed by atoms with Crippen molar-refractivity contribution in [3.63, 3.8) is 0 Å². The number of halogens is 1. The molecule has 1 atom stereocenters. The molecule has 1 aromatic heterocycles. The molecule has 30 heavy (non-hydrogen) atoms. The predicted molar refractivity (Wildman–Crippen MR) is 117 cm³/mol. The maximum Gasteiger partial charge on any atom is 0.233 e. The summed E-state index contributed by atoms with van der Waals surface area (Å²) in [4.78, 5) is 6.25. The zero-order valence-corrected chi connectivity index (χ0v) is 18.0. The zero-order chi connectivity index (χ0) is 21.9. The van der Waals surface area contributed by atoms with Crippen LogP contribution < -0.4 is 5.32 Å². The average Bonchev–Trinajstić information content (AvgIpc) is 3.11. The summed E-state index contributed by atoms with van der Waals surface area (Å²) < 4.78 is 19.8. The second-order valence-corrected chi connectivity index (χ2v) is 8.52. The van der Waals surface area contributed by atoms with Gasteiger partial charge in [-0.25, -0.2) is 4.39 Å². The van der Waals surface area contributed by atoms with Crippen LogP contribution in [0.5, 0.6) is 0 Å². The molecule has 3 aromatic rings. The summed E-state index contributed by atoms with van der Waals surface area (Å²) in [5.74, 6) is -0.114. The fourth-order valence-corrected chi connectivity index (χ4v) is 3.26. The van der Waals surface area contributed by atoms with Crippen LogP contribution in [0.15, 0.2) is 52.9 Å². The fourth-order valence-electron chi connectivity index (χ4n) is 3.26. The lowest BCUT2D eigenvalue weighted by Gasteiger charge is -2.26. The lowest BCUT2D eigenvalue weighted by Crippen LogP contribution is -2.27. The molecule has 6 heteroatoms. The Labute approximate surface area is 177 Å². The number of likely N-dealkylation sites (N-methyl/N-ethyl adjacent to an activating group) is 1. The Morgan fingerprint density at radius 1 is 1.13 bits per heavy atom. The van der Waals surface area contributed by atoms with Gasteiger partial charge in [0, 0.05) is 6.54 Å². The lowest BCUT2D eigenvalue weighted by atomic mass is 9.86. The topological polar surface area (TPSA) is 65.1 Å². The van der Waals surface area contributed by atoms with E-state index in [9.17, 15) is 9.65 Å². The van der Waals surface area contributed by atoms with E-state index in [-0.39, 0.29) is 34.5 Å². The summed E-state index contributed by atoms with van der Waals surface area (Å²) in [6.07, 6.45) is 0. The minimum atomic E-state index is -0.445. The number of oxazole rings is 1. The normalized spacial score (nSPS) is 12.6. The van der Waals surface area contributed by atoms with E-state index in [4.69, 9.17) is 4.42 Å². The molecule has 2 aromatic carbocycles. The number of benzene rings is 2. The summed E-state index contributed by atoms with van der Waals surface area (Å²) in [6, 6.07) is 16.8. The van der Waals surface area contributed by atoms with Crippen LogP contribution in [-0.2, 0) is 5.41 Å². The van der Waals surface area contributed by atoms with Crippen LogP contribution in [0.4, 0.5) is 10.3 Å². The Hall–Kier alpha value is -3.17. The van der Waals surface area contributed by atoms with Crippen molar-refractivity contribution in [2.75, 3.05) is 26.0 Å². The molecule has 0 aliphatic carbocycles. The van der Waals surface area contributed by atoms with Crippen molar-refractivity contribution in [3.05, 3.63) is 71.2 Å². The monoisotopic (exact) mass is 406 g/mol. The molecule has 5 nitrogen and oxygen atoms in total. The smallest absolute Gasteiger partial charge is 0.233 e. The summed E-state index contributed by atoms with van der Waals surface area (Å²) in [6.45, 7) is 7.07. The number of hydrogen-bond donors (Lipinski definition) is 1. The molecule has 1 unspecified atom stereocenters. The van der Waals surface area contributed by atoms with Gasteiger partial charge in [0.25, 0.3) is 0 Å². The van der Waals surface area contributed by atoms with Crippen LogP contribution in [0, 0.1) is 17.1 Å². The minimum Gasteiger partial charge on any atom is -0.419 e. The Kier molecular flexibility index (Phi) is 6.23. The largest absolute Gasteiger partial charge is 0.419 e. The van der Waals surface area contributed by atoms with E-state index in [2.05, 4.69) is 60.2 Å². The molecule has 0 amide bonds. The number of nitriles is 1. The van der Waals surface area contributed by atoms with Gasteiger partial charge in [0.05, 0.1) is 11.6 Å². The highest BCUT2D eigenvalue weighted by Crippen LogP contribution is 2.29. The molecule has 0 fully saturated rings. The summed E-state index contributed by atoms with van der Waals surface area (Å²) in [5.41, 5.74) is 2.84. The first-order chi connectivity index (χ1) is 14.2. The maximum absolute atomic E-state index is 14.1. The van der Waals surface area contributed by atoms with Crippen molar-refractivity contribution in [2.24, 2.45) is 0 Å². The third kappa shape index (κ3) is 4.69. The molecule has 156 valence electrons. The van der Waals surface area contributed by atoms with Crippen molar-refractivity contribution in [1.82, 2.24) is 9.88 Å². The highest BCUT2D eigenvalue weighted by molar-refractivity contribution is 5.59. The van der Waals surface area contributed by atoms with Crippen molar-refractivity contribution in [2.45, 2.75) is 32.2 Å². The first-order valence-electron chi connectivity index (χ1n) is 9.87. The van der Waals surface area contributed by atoms with Gasteiger partial charge in [0.15, 0.2) is 0 Å². The first kappa shape index (κ1) is 21.5. The Morgan fingerprint density at radius 3 is 2.37 bits per heavy atom. The highest BCUT2D eigenvalue weighted by Gasteiger charge is 2.21. The predicted octanol–water partition coefficient (Wildman–Crippen LogP) is 5.36. The zero-order valence-electron chi connectivity index (χ0n) is 18.0. The molecule has 1 N–H and O–H groups in total. The van der Waals surface area contributed by atoms with E-state index in [1.807, 2.05) is 20.2 Å². The average molecular weight is 407 g/mol. The SMILES string of the molecule is CN(C)C(CNc1oc(-c2ccccc2F)nc1C#N)c1ccc(C(C)(C)C)cc1. The number of anilines is 1. The lowest BCUT2D eigenvalue weighted by molar-refractivity contribution is 0.310. The Morgan fingerprint density at radius 2 is 1.80 bits per heavy atom. The van der Waals surface area contributed by atoms with E-state index in [1.165, 1.54) is 11.6 Å². The highest BCUT2D eigenvalue weighted by atomic mass is 19.1. The molecule has 0 saturated heterocycles. The van der Waals surface area contributed by atoms with Gasteiger partial charge < -0.3 is 14.6 Å². The molecule has 0 radical (unpaired) electrons. The summed E-state index contributed by atoms with van der Waals surface area (Å²) in [5, 5.41) is 12.6. The molecule has 0 aliphatic heterocycles. The van der Waals surface area contributed by atoms with Crippen LogP contribution in [0.25, 0.3) is 11.5 Å². The molecule has 0 spiro atoms. The van der Waals surface area contributed by atoms with Crippen molar-refractivity contribution < 1.29 is 8.81 Å². The van der Waals surface area contributed by atoms with Crippen LogP contribution >= 0.6 is 0 Å². The van der Waals surface area contributed by atoms with Gasteiger partial charge in [0.2, 0.25) is 17.5 Å². The van der Waals surface area contributed by atoms with Gasteiger partial charge >= 0.3 is 0 Å². The number of nitrogens with zero attached hydrogens (tertiary/aromatic N) is 3. The third-order valence-corrected chi connectivity index (χ3v) is 5.08. The third-order valence-electron chi connectivity index (χ3n) is 5.08. The van der Waals surface area contributed by atoms with Gasteiger partial charge in [0.1, 0.15) is 11.9 Å². The van der Waals surface area contributed by atoms with Crippen LogP contribution in [0.3, 0.4) is 0 Å². The molecule has 0 saturated carbocycles. The maximum atomic E-state index is 14.1. The molecule has 0 aliphatic rings. The Balaban J connectivity index is 1.82. The van der Waals surface area contributed by atoms with Crippen LogP contribution in [0.1, 0.15) is 43.6 Å². The molecule has 3 rings (SSSR count). The van der Waals surface area contributed by atoms with Gasteiger partial charge in [-0.05, 0) is 42.8 Å². The van der Waals surface area contributed by atoms with Gasteiger partial charge in [-0.3, -0.25) is 0 Å². The van der Waals surface area contributed by atoms with E-state index < -0.39 is 5.82 Å². The summed E-state index contributed by atoms with van der Waals surface area (Å²) >= 11 is 0. The standard InChI is InChI=1S/C24H27FN4O/c1-24(2,3)17-12-10-16(11-13-17)21(29(4)5)15-27-23-20(14-26)28-22(30-23)18-8-6-7-9-19(18)25/h6-13,21,27H,15H2,1-5H3. The van der Waals surface area contributed by atoms with Crippen LogP contribution in [-0.4, -0.2) is 30.5 Å². The summed E-state index contributed by atoms with van der Waals surface area (Å²) in [7, 11) is 4.00. The minimum absolute atomic E-state index is 0.0487. The second-order valence-electron chi connectivity index (χ2n) is 8.52. The van der Waals surface area contributed by atoms with Crippen molar-refractivity contribution in [1.29, 1.82) is 5.26 Å². The van der Waals surface area contributed by atoms with E-state index in [1.54, 1.807) is 18.2 Å². The van der Waals surface area contributed by atoms with E-state index in [0.29, 0.717) is 6.54 Å². The molecule has 1 heterocycles. The Bertz CT molecular complexity index is 1040. The van der Waals surface area contributed by atoms with E-state index in [0.717, 1.165) is 5.56 Å². The molecule has 0 bridgehead atoms. The number of hydrogen-bond acceptors (Lipinski definition) is 5. The van der Waals surface area contributed by atoms with Crippen molar-refractivity contribution in [3.8, 4) is 17.5 Å². The fraction of sp³-hybridized carbons (Fsp3) is 0.333. The van der Waals surface area contributed by atoms with Crippen LogP contribution in [0.2, 0.25) is 0 Å². The van der Waals surface area contributed by atoms with Gasteiger partial charge in [-0.1, -0.05) is 57.2 Å². The number of aromatic nitrogens is 1. The number of nitrogens with one attached hydrogen (secondary N) is 1. The second kappa shape index (κ2) is 8.68. The number of rotatable bonds is 6. The van der Waals surface area contributed by atoms with Gasteiger partial charge in [-0.2, -0.15) is 10.2 Å². The van der Waals surface area contributed by atoms with Gasteiger partial charge in [-0.15, -0.1) is 0 Å². The van der Waals surface area contributed by atoms with E-state index >= 15 is 0 Å². The molecular formula is C24H27FN4O. The quantitative estimate of drug-likeness (QED) is 0.597. The van der Waals surface area contributed by atoms with Crippen molar-refractivity contribution >= 4 is 5.88 Å². The molecular weight excluding hydrogens is 379 g/mol. The first-order valence-corrected chi connectivity index (χ1v) is 9.87.